The second kappa shape index (κ2) is 5.69. The first-order valence-corrected chi connectivity index (χ1v) is 5.70. The molecule has 84 valence electrons. The van der Waals surface area contributed by atoms with E-state index < -0.39 is 5.60 Å². The molecule has 3 heteroatoms. The Labute approximate surface area is 86.8 Å². The molecule has 0 saturated carbocycles. The van der Waals surface area contributed by atoms with Gasteiger partial charge >= 0.3 is 0 Å². The van der Waals surface area contributed by atoms with Gasteiger partial charge < -0.3 is 15.2 Å². The Hall–Kier alpha value is -0.120. The molecule has 0 aromatic heterocycles. The quantitative estimate of drug-likeness (QED) is 0.681. The molecule has 14 heavy (non-hydrogen) atoms. The Morgan fingerprint density at radius 2 is 2.36 bits per heavy atom. The van der Waals surface area contributed by atoms with Gasteiger partial charge in [-0.2, -0.15) is 0 Å². The van der Waals surface area contributed by atoms with Gasteiger partial charge in [0.2, 0.25) is 0 Å². The Morgan fingerprint density at radius 1 is 1.57 bits per heavy atom. The lowest BCUT2D eigenvalue weighted by Crippen LogP contribution is -2.44. The van der Waals surface area contributed by atoms with Gasteiger partial charge in [-0.1, -0.05) is 19.8 Å². The summed E-state index contributed by atoms with van der Waals surface area (Å²) >= 11 is 0. The van der Waals surface area contributed by atoms with Crippen molar-refractivity contribution >= 4 is 0 Å². The highest BCUT2D eigenvalue weighted by atomic mass is 16.5. The zero-order chi connectivity index (χ0) is 10.4. The zero-order valence-electron chi connectivity index (χ0n) is 9.38. The van der Waals surface area contributed by atoms with Crippen LogP contribution in [0.4, 0.5) is 0 Å². The van der Waals surface area contributed by atoms with Crippen LogP contribution in [0.1, 0.15) is 39.5 Å². The van der Waals surface area contributed by atoms with E-state index in [1.807, 2.05) is 0 Å². The standard InChI is InChI=1S/C11H23NO2/c1-3-4-5-10(2)12-8-11(13)6-7-14-9-11/h10,12-13H,3-9H2,1-2H3. The molecule has 1 fully saturated rings. The van der Waals surface area contributed by atoms with Crippen molar-refractivity contribution in [3.8, 4) is 0 Å². The molecule has 1 aliphatic rings. The summed E-state index contributed by atoms with van der Waals surface area (Å²) in [5.74, 6) is 0. The molecule has 0 aromatic rings. The van der Waals surface area contributed by atoms with E-state index in [4.69, 9.17) is 4.74 Å². The minimum Gasteiger partial charge on any atom is -0.386 e. The van der Waals surface area contributed by atoms with Crippen molar-refractivity contribution in [1.82, 2.24) is 5.32 Å². The summed E-state index contributed by atoms with van der Waals surface area (Å²) in [7, 11) is 0. The van der Waals surface area contributed by atoms with Crippen molar-refractivity contribution in [2.45, 2.75) is 51.2 Å². The van der Waals surface area contributed by atoms with Crippen molar-refractivity contribution in [2.24, 2.45) is 0 Å². The van der Waals surface area contributed by atoms with E-state index in [0.717, 1.165) is 6.42 Å². The molecule has 1 rings (SSSR count). The summed E-state index contributed by atoms with van der Waals surface area (Å²) in [4.78, 5) is 0. The summed E-state index contributed by atoms with van der Waals surface area (Å²) in [6, 6.07) is 0.500. The normalized spacial score (nSPS) is 29.4. The van der Waals surface area contributed by atoms with E-state index in [0.29, 0.717) is 25.8 Å². The highest BCUT2D eigenvalue weighted by Crippen LogP contribution is 2.17. The third-order valence-electron chi connectivity index (χ3n) is 2.85. The molecule has 0 aliphatic carbocycles. The first-order chi connectivity index (χ1) is 6.66. The Kier molecular flexibility index (Phi) is 4.85. The molecular formula is C11H23NO2. The van der Waals surface area contributed by atoms with Gasteiger partial charge in [-0.15, -0.1) is 0 Å². The summed E-state index contributed by atoms with van der Waals surface area (Å²) in [6.45, 7) is 6.22. The van der Waals surface area contributed by atoms with Gasteiger partial charge in [-0.3, -0.25) is 0 Å². The van der Waals surface area contributed by atoms with Crippen LogP contribution in [0, 0.1) is 0 Å². The van der Waals surface area contributed by atoms with Gasteiger partial charge in [0, 0.05) is 25.6 Å². The predicted octanol–water partition coefficient (Wildman–Crippen LogP) is 1.31. The van der Waals surface area contributed by atoms with E-state index in [1.54, 1.807) is 0 Å². The number of hydrogen-bond acceptors (Lipinski definition) is 3. The topological polar surface area (TPSA) is 41.5 Å². The monoisotopic (exact) mass is 201 g/mol. The molecule has 2 atom stereocenters. The molecule has 1 heterocycles. The average Bonchev–Trinajstić information content (AvgIpc) is 2.60. The summed E-state index contributed by atoms with van der Waals surface area (Å²) in [5, 5.41) is 13.3. The van der Waals surface area contributed by atoms with Crippen molar-refractivity contribution in [2.75, 3.05) is 19.8 Å². The van der Waals surface area contributed by atoms with Crippen molar-refractivity contribution < 1.29 is 9.84 Å². The largest absolute Gasteiger partial charge is 0.386 e. The van der Waals surface area contributed by atoms with Gasteiger partial charge in [0.05, 0.1) is 6.61 Å². The highest BCUT2D eigenvalue weighted by molar-refractivity contribution is 4.85. The Morgan fingerprint density at radius 3 is 2.93 bits per heavy atom. The van der Waals surface area contributed by atoms with Gasteiger partial charge in [-0.25, -0.2) is 0 Å². The van der Waals surface area contributed by atoms with Crippen LogP contribution in [0.2, 0.25) is 0 Å². The minimum absolute atomic E-state index is 0.487. The maximum atomic E-state index is 9.98. The smallest absolute Gasteiger partial charge is 0.102 e. The third kappa shape index (κ3) is 3.95. The minimum atomic E-state index is -0.611. The summed E-state index contributed by atoms with van der Waals surface area (Å²) < 4.78 is 5.18. The van der Waals surface area contributed by atoms with Crippen molar-refractivity contribution in [1.29, 1.82) is 0 Å². The lowest BCUT2D eigenvalue weighted by atomic mass is 10.0. The van der Waals surface area contributed by atoms with Crippen LogP contribution in [0.3, 0.4) is 0 Å². The second-order valence-electron chi connectivity index (χ2n) is 4.45. The Bertz CT molecular complexity index is 155. The Balaban J connectivity index is 2.12. The van der Waals surface area contributed by atoms with E-state index in [2.05, 4.69) is 19.2 Å². The van der Waals surface area contributed by atoms with Crippen LogP contribution >= 0.6 is 0 Å². The fraction of sp³-hybridized carbons (Fsp3) is 1.00. The second-order valence-corrected chi connectivity index (χ2v) is 4.45. The van der Waals surface area contributed by atoms with Gasteiger partial charge in [0.15, 0.2) is 0 Å². The van der Waals surface area contributed by atoms with Crippen LogP contribution in [-0.2, 0) is 4.74 Å². The number of nitrogens with one attached hydrogen (secondary N) is 1. The first kappa shape index (κ1) is 12.0. The molecule has 0 spiro atoms. The van der Waals surface area contributed by atoms with Gasteiger partial charge in [0.1, 0.15) is 5.60 Å². The molecule has 2 unspecified atom stereocenters. The van der Waals surface area contributed by atoms with Gasteiger partial charge in [0.25, 0.3) is 0 Å². The maximum Gasteiger partial charge on any atom is 0.102 e. The maximum absolute atomic E-state index is 9.98. The van der Waals surface area contributed by atoms with Crippen LogP contribution < -0.4 is 5.32 Å². The molecule has 1 saturated heterocycles. The number of ether oxygens (including phenoxy) is 1. The van der Waals surface area contributed by atoms with E-state index in [1.165, 1.54) is 19.3 Å². The lowest BCUT2D eigenvalue weighted by Gasteiger charge is -2.23. The zero-order valence-corrected chi connectivity index (χ0v) is 9.38. The molecular weight excluding hydrogens is 178 g/mol. The summed E-state index contributed by atoms with van der Waals surface area (Å²) in [5.41, 5.74) is -0.611. The fourth-order valence-electron chi connectivity index (χ4n) is 1.71. The van der Waals surface area contributed by atoms with Gasteiger partial charge in [-0.05, 0) is 13.3 Å². The SMILES string of the molecule is CCCCC(C)NCC1(O)CCOC1. The van der Waals surface area contributed by atoms with Crippen molar-refractivity contribution in [3.63, 3.8) is 0 Å². The molecule has 0 bridgehead atoms. The predicted molar refractivity (Wildman–Crippen MR) is 57.4 cm³/mol. The molecule has 2 N–H and O–H groups in total. The molecule has 1 aliphatic heterocycles. The van der Waals surface area contributed by atoms with E-state index in [-0.39, 0.29) is 0 Å². The third-order valence-corrected chi connectivity index (χ3v) is 2.85. The van der Waals surface area contributed by atoms with Crippen molar-refractivity contribution in [3.05, 3.63) is 0 Å². The average molecular weight is 201 g/mol. The van der Waals surface area contributed by atoms with Crippen LogP contribution in [0.25, 0.3) is 0 Å². The van der Waals surface area contributed by atoms with Crippen LogP contribution in [0.5, 0.6) is 0 Å². The fourth-order valence-corrected chi connectivity index (χ4v) is 1.71. The van der Waals surface area contributed by atoms with E-state index in [9.17, 15) is 5.11 Å². The molecule has 0 aromatic carbocycles. The number of aliphatic hydroxyl groups is 1. The number of rotatable bonds is 6. The first-order valence-electron chi connectivity index (χ1n) is 5.70. The number of hydrogen-bond donors (Lipinski definition) is 2. The highest BCUT2D eigenvalue weighted by Gasteiger charge is 2.31. The molecule has 0 amide bonds. The molecule has 3 nitrogen and oxygen atoms in total. The van der Waals surface area contributed by atoms with Crippen LogP contribution in [-0.4, -0.2) is 36.5 Å². The van der Waals surface area contributed by atoms with E-state index >= 15 is 0 Å². The number of unbranched alkanes of at least 4 members (excludes halogenated alkanes) is 1. The summed E-state index contributed by atoms with van der Waals surface area (Å²) in [6.07, 6.45) is 4.44. The van der Waals surface area contributed by atoms with Crippen LogP contribution in [0.15, 0.2) is 0 Å². The molecule has 0 radical (unpaired) electrons. The lowest BCUT2D eigenvalue weighted by molar-refractivity contribution is 0.0250.